The fraction of sp³-hybridized carbons (Fsp3) is 0.639. The Bertz CT molecular complexity index is 1190. The molecule has 241 valence electrons. The zero-order valence-electron chi connectivity index (χ0n) is 27.8. The first-order chi connectivity index (χ1) is 20.1. The van der Waals surface area contributed by atoms with Crippen LogP contribution in [0.5, 0.6) is 0 Å². The molecule has 1 aromatic carbocycles. The van der Waals surface area contributed by atoms with Crippen LogP contribution in [-0.2, 0) is 9.22 Å². The number of aliphatic hydroxyl groups excluding tert-OH is 1. The Kier molecular flexibility index (Phi) is 12.4. The number of halogens is 2. The van der Waals surface area contributed by atoms with Crippen LogP contribution in [0.2, 0.25) is 23.2 Å². The Morgan fingerprint density at radius 2 is 1.93 bits per heavy atom. The van der Waals surface area contributed by atoms with Crippen LogP contribution in [-0.4, -0.2) is 49.0 Å². The number of piperidine rings is 1. The minimum Gasteiger partial charge on any atom is -0.565 e. The maximum atomic E-state index is 14.6. The third-order valence-corrected chi connectivity index (χ3v) is 15.3. The van der Waals surface area contributed by atoms with Gasteiger partial charge in [-0.2, -0.15) is 0 Å². The van der Waals surface area contributed by atoms with Gasteiger partial charge in [0.1, 0.15) is 0 Å². The summed E-state index contributed by atoms with van der Waals surface area (Å²) in [5.74, 6) is 0.279. The highest BCUT2D eigenvalue weighted by Crippen LogP contribution is 2.50. The molecule has 4 nitrogen and oxygen atoms in total. The number of amides is 1. The van der Waals surface area contributed by atoms with Crippen molar-refractivity contribution in [3.63, 3.8) is 0 Å². The average molecular weight is 649 g/mol. The van der Waals surface area contributed by atoms with Crippen molar-refractivity contribution in [2.45, 2.75) is 129 Å². The number of hydrogen-bond acceptors (Lipinski definition) is 3. The van der Waals surface area contributed by atoms with E-state index in [1.54, 1.807) is 0 Å². The van der Waals surface area contributed by atoms with Crippen molar-refractivity contribution in [1.29, 1.82) is 0 Å². The number of aliphatic hydroxyl groups is 1. The SMILES string of the molecule is C=CC[C@@]1(C)C[C@H](c2cccc(Cl)c2)C(C2=CC=C(Cl)CC2C)N(C(CC)C(O)CCCCO[Si-](C)(C)C(C)(C)C)C1=O. The van der Waals surface area contributed by atoms with Gasteiger partial charge in [-0.25, -0.2) is 0 Å². The Morgan fingerprint density at radius 1 is 1.23 bits per heavy atom. The molecule has 1 saturated heterocycles. The van der Waals surface area contributed by atoms with Crippen LogP contribution >= 0.6 is 23.2 Å². The summed E-state index contributed by atoms with van der Waals surface area (Å²) in [6.07, 6.45) is 10.3. The molecular weight excluding hydrogens is 593 g/mol. The molecule has 2 aliphatic rings. The molecule has 1 amide bonds. The molecular formula is C36H55Cl2NO3Si-. The second-order valence-corrected chi connectivity index (χ2v) is 20.3. The number of carbonyl (C=O) groups excluding carboxylic acids is 1. The third kappa shape index (κ3) is 8.46. The van der Waals surface area contributed by atoms with Gasteiger partial charge in [0.15, 0.2) is 0 Å². The van der Waals surface area contributed by atoms with E-state index < -0.39 is 19.8 Å². The normalized spacial score (nSPS) is 26.5. The van der Waals surface area contributed by atoms with Gasteiger partial charge in [-0.1, -0.05) is 89.0 Å². The van der Waals surface area contributed by atoms with Gasteiger partial charge in [-0.15, -0.1) is 24.7 Å². The molecule has 7 heteroatoms. The molecule has 1 N–H and O–H groups in total. The van der Waals surface area contributed by atoms with Crippen LogP contribution in [0, 0.1) is 11.3 Å². The van der Waals surface area contributed by atoms with E-state index in [1.165, 1.54) is 5.57 Å². The van der Waals surface area contributed by atoms with Gasteiger partial charge in [0, 0.05) is 22.6 Å². The summed E-state index contributed by atoms with van der Waals surface area (Å²) >= 11 is 13.0. The number of hydrogen-bond donors (Lipinski definition) is 1. The van der Waals surface area contributed by atoms with E-state index in [2.05, 4.69) is 78.3 Å². The predicted octanol–water partition coefficient (Wildman–Crippen LogP) is 10.0. The summed E-state index contributed by atoms with van der Waals surface area (Å²) in [7, 11) is -1.81. The van der Waals surface area contributed by atoms with Gasteiger partial charge in [-0.05, 0) is 88.5 Å². The lowest BCUT2D eigenvalue weighted by molar-refractivity contribution is -0.156. The number of likely N-dealkylation sites (tertiary alicyclic amines) is 1. The molecule has 3 rings (SSSR count). The second kappa shape index (κ2) is 14.8. The van der Waals surface area contributed by atoms with E-state index in [9.17, 15) is 9.90 Å². The summed E-state index contributed by atoms with van der Waals surface area (Å²) in [6.45, 7) is 22.4. The van der Waals surface area contributed by atoms with Gasteiger partial charge >= 0.3 is 0 Å². The zero-order chi connectivity index (χ0) is 32.2. The molecule has 4 unspecified atom stereocenters. The maximum absolute atomic E-state index is 14.6. The average Bonchev–Trinajstić information content (AvgIpc) is 2.91. The summed E-state index contributed by atoms with van der Waals surface area (Å²) in [4.78, 5) is 16.7. The number of rotatable bonds is 13. The molecule has 1 aliphatic carbocycles. The fourth-order valence-corrected chi connectivity index (χ4v) is 8.24. The van der Waals surface area contributed by atoms with Crippen molar-refractivity contribution in [2.24, 2.45) is 11.3 Å². The second-order valence-electron chi connectivity index (χ2n) is 14.6. The van der Waals surface area contributed by atoms with Crippen LogP contribution in [0.15, 0.2) is 59.7 Å². The molecule has 1 aliphatic heterocycles. The first-order valence-corrected chi connectivity index (χ1v) is 19.8. The number of allylic oxidation sites excluding steroid dienone is 4. The number of benzene rings is 1. The van der Waals surface area contributed by atoms with E-state index in [-0.39, 0.29) is 34.9 Å². The van der Waals surface area contributed by atoms with E-state index in [4.69, 9.17) is 27.6 Å². The van der Waals surface area contributed by atoms with Gasteiger partial charge in [-0.3, -0.25) is 4.79 Å². The topological polar surface area (TPSA) is 49.8 Å². The minimum atomic E-state index is -1.81. The Labute approximate surface area is 272 Å². The molecule has 0 spiro atoms. The standard InChI is InChI=1S/C36H55Cl2NO3Si/c1-10-20-36(7)24-30(26-15-14-16-27(37)23-26)33(29-19-18-28(38)22-25(29)3)39(34(36)41)31(11-2)32(40)17-12-13-21-42-43(8,9)35(4,5)6/h10,14-16,18-19,23,25,30-33,40H,1,11-13,17,20-22,24H2,2-9H3/q-1/t25?,30-,31?,32?,33?,36+/m1/s1. The third-order valence-electron chi connectivity index (χ3n) is 10.2. The molecule has 1 fully saturated rings. The number of carbonyl (C=O) groups is 1. The Balaban J connectivity index is 1.97. The van der Waals surface area contributed by atoms with Crippen molar-refractivity contribution in [3.8, 4) is 0 Å². The molecule has 0 bridgehead atoms. The molecule has 6 atom stereocenters. The van der Waals surface area contributed by atoms with Crippen molar-refractivity contribution >= 4 is 37.4 Å². The van der Waals surface area contributed by atoms with E-state index in [0.29, 0.717) is 37.3 Å². The summed E-state index contributed by atoms with van der Waals surface area (Å²) < 4.78 is 6.39. The van der Waals surface area contributed by atoms with Gasteiger partial charge in [0.05, 0.1) is 23.6 Å². The van der Waals surface area contributed by atoms with E-state index in [1.807, 2.05) is 30.4 Å². The largest absolute Gasteiger partial charge is 0.565 e. The predicted molar refractivity (Wildman–Crippen MR) is 185 cm³/mol. The van der Waals surface area contributed by atoms with Gasteiger partial charge in [0.25, 0.3) is 0 Å². The van der Waals surface area contributed by atoms with Crippen molar-refractivity contribution in [2.75, 3.05) is 6.61 Å². The number of unbranched alkanes of at least 4 members (excludes halogenated alkanes) is 1. The van der Waals surface area contributed by atoms with Crippen LogP contribution < -0.4 is 0 Å². The smallest absolute Gasteiger partial charge is 0.229 e. The van der Waals surface area contributed by atoms with Crippen LogP contribution in [0.25, 0.3) is 0 Å². The zero-order valence-corrected chi connectivity index (χ0v) is 30.3. The summed E-state index contributed by atoms with van der Waals surface area (Å²) in [5.41, 5.74) is 1.67. The lowest BCUT2D eigenvalue weighted by Crippen LogP contribution is -2.62. The lowest BCUT2D eigenvalue weighted by Gasteiger charge is -2.54. The van der Waals surface area contributed by atoms with Crippen molar-refractivity contribution in [3.05, 3.63) is 70.3 Å². The summed E-state index contributed by atoms with van der Waals surface area (Å²) in [5, 5.41) is 13.5. The Hall–Kier alpha value is -1.37. The number of nitrogens with zero attached hydrogens (tertiary/aromatic N) is 1. The molecule has 1 aromatic rings. The fourth-order valence-electron chi connectivity index (χ4n) is 6.66. The van der Waals surface area contributed by atoms with Crippen LogP contribution in [0.1, 0.15) is 98.0 Å². The highest BCUT2D eigenvalue weighted by atomic mass is 35.5. The first-order valence-electron chi connectivity index (χ1n) is 16.1. The van der Waals surface area contributed by atoms with Crippen LogP contribution in [0.3, 0.4) is 0 Å². The molecule has 0 aromatic heterocycles. The quantitative estimate of drug-likeness (QED) is 0.132. The van der Waals surface area contributed by atoms with E-state index in [0.717, 1.165) is 29.9 Å². The first kappa shape index (κ1) is 36.1. The van der Waals surface area contributed by atoms with Gasteiger partial charge in [0.2, 0.25) is 5.91 Å². The molecule has 0 radical (unpaired) electrons. The minimum absolute atomic E-state index is 0.0135. The van der Waals surface area contributed by atoms with E-state index >= 15 is 0 Å². The Morgan fingerprint density at radius 3 is 2.51 bits per heavy atom. The lowest BCUT2D eigenvalue weighted by atomic mass is 9.65. The van der Waals surface area contributed by atoms with Crippen molar-refractivity contribution in [1.82, 2.24) is 4.90 Å². The molecule has 0 saturated carbocycles. The monoisotopic (exact) mass is 647 g/mol. The van der Waals surface area contributed by atoms with Crippen molar-refractivity contribution < 1.29 is 14.3 Å². The molecule has 43 heavy (non-hydrogen) atoms. The van der Waals surface area contributed by atoms with Crippen LogP contribution in [0.4, 0.5) is 0 Å². The summed E-state index contributed by atoms with van der Waals surface area (Å²) in [6, 6.07) is 7.53. The maximum Gasteiger partial charge on any atom is 0.229 e. The highest BCUT2D eigenvalue weighted by molar-refractivity contribution is 6.74. The molecule has 1 heterocycles. The highest BCUT2D eigenvalue weighted by Gasteiger charge is 2.52. The van der Waals surface area contributed by atoms with Gasteiger partial charge < -0.3 is 14.4 Å².